The van der Waals surface area contributed by atoms with Gasteiger partial charge in [-0.15, -0.1) is 11.8 Å². The van der Waals surface area contributed by atoms with Crippen molar-refractivity contribution in [2.45, 2.75) is 32.1 Å². The zero-order valence-electron chi connectivity index (χ0n) is 12.1. The molecule has 0 saturated carbocycles. The Morgan fingerprint density at radius 2 is 2.11 bits per heavy atom. The van der Waals surface area contributed by atoms with Gasteiger partial charge in [0.05, 0.1) is 11.3 Å². The Labute approximate surface area is 120 Å². The number of hydrogen-bond acceptors (Lipinski definition) is 3. The van der Waals surface area contributed by atoms with Crippen LogP contribution in [0, 0.1) is 5.92 Å². The highest BCUT2D eigenvalue weighted by Crippen LogP contribution is 2.30. The van der Waals surface area contributed by atoms with E-state index in [0.29, 0.717) is 11.5 Å². The van der Waals surface area contributed by atoms with E-state index in [9.17, 15) is 9.90 Å². The van der Waals surface area contributed by atoms with Crippen LogP contribution in [0.2, 0.25) is 0 Å². The molecule has 0 aliphatic heterocycles. The second kappa shape index (κ2) is 7.43. The van der Waals surface area contributed by atoms with Gasteiger partial charge in [0, 0.05) is 18.5 Å². The first-order valence-electron chi connectivity index (χ1n) is 6.67. The van der Waals surface area contributed by atoms with Crippen LogP contribution in [0.15, 0.2) is 23.1 Å². The molecule has 0 amide bonds. The monoisotopic (exact) mass is 281 g/mol. The first-order valence-corrected chi connectivity index (χ1v) is 7.66. The highest BCUT2D eigenvalue weighted by molar-refractivity contribution is 7.99. The molecular weight excluding hydrogens is 258 g/mol. The average molecular weight is 281 g/mol. The zero-order valence-corrected chi connectivity index (χ0v) is 13.0. The normalized spacial score (nSPS) is 10.8. The minimum atomic E-state index is -0.844. The van der Waals surface area contributed by atoms with Gasteiger partial charge in [0.2, 0.25) is 0 Å². The molecule has 0 spiro atoms. The molecule has 1 aromatic carbocycles. The molecule has 4 heteroatoms. The van der Waals surface area contributed by atoms with Crippen LogP contribution in [0.25, 0.3) is 0 Å². The topological polar surface area (TPSA) is 40.5 Å². The van der Waals surface area contributed by atoms with Gasteiger partial charge in [0.25, 0.3) is 0 Å². The molecule has 3 nitrogen and oxygen atoms in total. The number of rotatable bonds is 7. The maximum atomic E-state index is 11.5. The summed E-state index contributed by atoms with van der Waals surface area (Å²) in [5.41, 5.74) is 1.24. The first kappa shape index (κ1) is 15.9. The number of carboxylic acids is 1. The zero-order chi connectivity index (χ0) is 14.4. The lowest BCUT2D eigenvalue weighted by molar-refractivity contribution is 0.0694. The summed E-state index contributed by atoms with van der Waals surface area (Å²) < 4.78 is 0. The Morgan fingerprint density at radius 3 is 2.63 bits per heavy atom. The highest BCUT2D eigenvalue weighted by Gasteiger charge is 2.18. The lowest BCUT2D eigenvalue weighted by Gasteiger charge is -2.23. The predicted octanol–water partition coefficient (Wildman–Crippen LogP) is 3.98. The SMILES string of the molecule is CCSc1cccc(N(C)CCC(C)C)c1C(=O)O. The van der Waals surface area contributed by atoms with Crippen molar-refractivity contribution in [3.05, 3.63) is 23.8 Å². The minimum Gasteiger partial charge on any atom is -0.478 e. The Morgan fingerprint density at radius 1 is 1.42 bits per heavy atom. The number of nitrogens with zero attached hydrogens (tertiary/aromatic N) is 1. The molecule has 1 N–H and O–H groups in total. The van der Waals surface area contributed by atoms with E-state index in [-0.39, 0.29) is 0 Å². The van der Waals surface area contributed by atoms with Crippen LogP contribution in [0.4, 0.5) is 5.69 Å². The van der Waals surface area contributed by atoms with Crippen molar-refractivity contribution in [3.63, 3.8) is 0 Å². The van der Waals surface area contributed by atoms with Crippen molar-refractivity contribution in [2.75, 3.05) is 24.2 Å². The highest BCUT2D eigenvalue weighted by atomic mass is 32.2. The van der Waals surface area contributed by atoms with E-state index in [4.69, 9.17) is 0 Å². The third kappa shape index (κ3) is 4.46. The summed E-state index contributed by atoms with van der Waals surface area (Å²) in [4.78, 5) is 14.4. The smallest absolute Gasteiger partial charge is 0.338 e. The van der Waals surface area contributed by atoms with Crippen molar-refractivity contribution >= 4 is 23.4 Å². The number of carbonyl (C=O) groups is 1. The quantitative estimate of drug-likeness (QED) is 0.767. The molecule has 106 valence electrons. The number of thioether (sulfide) groups is 1. The molecule has 19 heavy (non-hydrogen) atoms. The van der Waals surface area contributed by atoms with Crippen LogP contribution in [0.5, 0.6) is 0 Å². The molecule has 0 unspecified atom stereocenters. The fourth-order valence-corrected chi connectivity index (χ4v) is 2.72. The second-order valence-corrected chi connectivity index (χ2v) is 6.30. The summed E-state index contributed by atoms with van der Waals surface area (Å²) in [6, 6.07) is 5.71. The van der Waals surface area contributed by atoms with Gasteiger partial charge in [-0.05, 0) is 30.2 Å². The van der Waals surface area contributed by atoms with Crippen molar-refractivity contribution in [1.82, 2.24) is 0 Å². The number of aromatic carboxylic acids is 1. The van der Waals surface area contributed by atoms with Crippen molar-refractivity contribution in [1.29, 1.82) is 0 Å². The van der Waals surface area contributed by atoms with Gasteiger partial charge in [-0.25, -0.2) is 4.79 Å². The van der Waals surface area contributed by atoms with E-state index in [0.717, 1.165) is 29.3 Å². The van der Waals surface area contributed by atoms with E-state index >= 15 is 0 Å². The Bertz CT molecular complexity index is 432. The van der Waals surface area contributed by atoms with Crippen LogP contribution in [0.1, 0.15) is 37.6 Å². The van der Waals surface area contributed by atoms with Crippen molar-refractivity contribution < 1.29 is 9.90 Å². The summed E-state index contributed by atoms with van der Waals surface area (Å²) in [6.45, 7) is 7.26. The molecule has 0 aliphatic rings. The summed E-state index contributed by atoms with van der Waals surface area (Å²) in [5, 5.41) is 9.46. The molecule has 0 saturated heterocycles. The van der Waals surface area contributed by atoms with Gasteiger partial charge in [-0.1, -0.05) is 26.8 Å². The standard InChI is InChI=1S/C15H23NO2S/c1-5-19-13-8-6-7-12(14(13)15(17)18)16(4)10-9-11(2)3/h6-8,11H,5,9-10H2,1-4H3,(H,17,18). The lowest BCUT2D eigenvalue weighted by atomic mass is 10.1. The third-order valence-corrected chi connectivity index (χ3v) is 3.91. The number of benzene rings is 1. The molecule has 0 heterocycles. The number of anilines is 1. The maximum Gasteiger partial charge on any atom is 0.338 e. The Kier molecular flexibility index (Phi) is 6.22. The van der Waals surface area contributed by atoms with Gasteiger partial charge >= 0.3 is 5.97 Å². The molecule has 0 atom stereocenters. The predicted molar refractivity (Wildman–Crippen MR) is 82.5 cm³/mol. The molecule has 1 rings (SSSR count). The molecular formula is C15H23NO2S. The number of carboxylic acid groups (broad SMARTS) is 1. The largest absolute Gasteiger partial charge is 0.478 e. The van der Waals surface area contributed by atoms with Crippen molar-refractivity contribution in [2.24, 2.45) is 5.92 Å². The van der Waals surface area contributed by atoms with E-state index in [1.54, 1.807) is 11.8 Å². The van der Waals surface area contributed by atoms with Gasteiger partial charge in [0.1, 0.15) is 0 Å². The fourth-order valence-electron chi connectivity index (χ4n) is 1.90. The number of hydrogen-bond donors (Lipinski definition) is 1. The average Bonchev–Trinajstić information content (AvgIpc) is 2.35. The van der Waals surface area contributed by atoms with Crippen LogP contribution in [-0.4, -0.2) is 30.4 Å². The van der Waals surface area contributed by atoms with E-state index in [2.05, 4.69) is 13.8 Å². The van der Waals surface area contributed by atoms with Crippen molar-refractivity contribution in [3.8, 4) is 0 Å². The molecule has 0 aromatic heterocycles. The van der Waals surface area contributed by atoms with E-state index in [1.165, 1.54) is 0 Å². The van der Waals surface area contributed by atoms with Crippen LogP contribution < -0.4 is 4.90 Å². The van der Waals surface area contributed by atoms with Gasteiger partial charge < -0.3 is 10.0 Å². The van der Waals surface area contributed by atoms with Gasteiger partial charge in [0.15, 0.2) is 0 Å². The van der Waals surface area contributed by atoms with Gasteiger partial charge in [-0.3, -0.25) is 0 Å². The van der Waals surface area contributed by atoms with Crippen LogP contribution in [0.3, 0.4) is 0 Å². The summed E-state index contributed by atoms with van der Waals surface area (Å²) in [6.07, 6.45) is 1.06. The lowest BCUT2D eigenvalue weighted by Crippen LogP contribution is -2.22. The molecule has 0 aliphatic carbocycles. The third-order valence-electron chi connectivity index (χ3n) is 2.97. The van der Waals surface area contributed by atoms with E-state index < -0.39 is 5.97 Å². The summed E-state index contributed by atoms with van der Waals surface area (Å²) in [7, 11) is 1.96. The summed E-state index contributed by atoms with van der Waals surface area (Å²) in [5.74, 6) is 0.645. The fraction of sp³-hybridized carbons (Fsp3) is 0.533. The molecule has 0 radical (unpaired) electrons. The van der Waals surface area contributed by atoms with E-state index in [1.807, 2.05) is 37.1 Å². The minimum absolute atomic E-state index is 0.431. The van der Waals surface area contributed by atoms with Gasteiger partial charge in [-0.2, -0.15) is 0 Å². The molecule has 1 aromatic rings. The Hall–Kier alpha value is -1.16. The summed E-state index contributed by atoms with van der Waals surface area (Å²) >= 11 is 1.58. The van der Waals surface area contributed by atoms with Crippen LogP contribution in [-0.2, 0) is 0 Å². The Balaban J connectivity index is 3.04. The first-order chi connectivity index (χ1) is 8.97. The van der Waals surface area contributed by atoms with Crippen LogP contribution >= 0.6 is 11.8 Å². The second-order valence-electron chi connectivity index (χ2n) is 4.99. The maximum absolute atomic E-state index is 11.5. The molecule has 0 bridgehead atoms. The molecule has 0 fully saturated rings.